The van der Waals surface area contributed by atoms with Crippen LogP contribution >= 0.6 is 0 Å². The Labute approximate surface area is 192 Å². The molecule has 0 unspecified atom stereocenters. The Balaban J connectivity index is 1.94. The van der Waals surface area contributed by atoms with Crippen LogP contribution in [0.15, 0.2) is 54.6 Å². The second-order valence-corrected chi connectivity index (χ2v) is 9.92. The zero-order valence-electron chi connectivity index (χ0n) is 20.1. The smallest absolute Gasteiger partial charge is 0.338 e. The third-order valence-electron chi connectivity index (χ3n) is 6.66. The number of fused-ring (bicyclic) bond motifs is 1. The second-order valence-electron chi connectivity index (χ2n) is 9.92. The van der Waals surface area contributed by atoms with E-state index in [9.17, 15) is 9.59 Å². The highest BCUT2D eigenvalue weighted by Gasteiger charge is 2.36. The minimum absolute atomic E-state index is 0.151. The first kappa shape index (κ1) is 23.7. The van der Waals surface area contributed by atoms with E-state index in [1.165, 1.54) is 24.0 Å². The molecule has 0 atom stereocenters. The lowest BCUT2D eigenvalue weighted by Gasteiger charge is -2.42. The molecule has 0 amide bonds. The molecule has 0 bridgehead atoms. The molecule has 3 rings (SSSR count). The van der Waals surface area contributed by atoms with Crippen LogP contribution in [0.25, 0.3) is 11.1 Å². The molecule has 0 heterocycles. The van der Waals surface area contributed by atoms with E-state index < -0.39 is 0 Å². The van der Waals surface area contributed by atoms with E-state index in [-0.39, 0.29) is 16.8 Å². The van der Waals surface area contributed by atoms with Gasteiger partial charge < -0.3 is 4.74 Å². The number of rotatable bonds is 6. The van der Waals surface area contributed by atoms with Crippen molar-refractivity contribution in [1.82, 2.24) is 0 Å². The van der Waals surface area contributed by atoms with Crippen molar-refractivity contribution in [2.45, 2.75) is 65.2 Å². The largest absolute Gasteiger partial charge is 0.462 e. The average Bonchev–Trinajstić information content (AvgIpc) is 2.77. The zero-order chi connectivity index (χ0) is 23.5. The molecule has 0 N–H and O–H groups in total. The van der Waals surface area contributed by atoms with Crippen LogP contribution in [-0.4, -0.2) is 18.9 Å². The van der Waals surface area contributed by atoms with Crippen LogP contribution in [0.3, 0.4) is 0 Å². The summed E-state index contributed by atoms with van der Waals surface area (Å²) in [5.74, 6) is -0.383. The van der Waals surface area contributed by atoms with Crippen LogP contribution in [0.5, 0.6) is 0 Å². The fourth-order valence-corrected chi connectivity index (χ4v) is 4.39. The van der Waals surface area contributed by atoms with Gasteiger partial charge in [0.05, 0.1) is 12.2 Å². The summed E-state index contributed by atoms with van der Waals surface area (Å²) in [5.41, 5.74) is 7.11. The maximum absolute atomic E-state index is 12.0. The first-order valence-corrected chi connectivity index (χ1v) is 11.4. The monoisotopic (exact) mass is 430 g/mol. The van der Waals surface area contributed by atoms with E-state index in [2.05, 4.69) is 52.8 Å². The lowest BCUT2D eigenvalue weighted by atomic mass is 9.63. The van der Waals surface area contributed by atoms with Crippen molar-refractivity contribution in [3.8, 4) is 0 Å². The molecule has 0 radical (unpaired) electrons. The molecular formula is C29H34O3. The van der Waals surface area contributed by atoms with Crippen molar-refractivity contribution in [1.29, 1.82) is 0 Å². The van der Waals surface area contributed by atoms with Crippen molar-refractivity contribution in [2.24, 2.45) is 0 Å². The van der Waals surface area contributed by atoms with Crippen LogP contribution < -0.4 is 0 Å². The molecule has 2 aromatic carbocycles. The Kier molecular flexibility index (Phi) is 6.88. The summed E-state index contributed by atoms with van der Waals surface area (Å²) in [6.45, 7) is 13.5. The van der Waals surface area contributed by atoms with Gasteiger partial charge in [0.25, 0.3) is 0 Å². The number of benzene rings is 2. The second kappa shape index (κ2) is 9.28. The van der Waals surface area contributed by atoms with Crippen LogP contribution in [-0.2, 0) is 20.4 Å². The van der Waals surface area contributed by atoms with E-state index in [0.717, 1.165) is 17.4 Å². The molecule has 0 spiro atoms. The van der Waals surface area contributed by atoms with Crippen molar-refractivity contribution in [3.63, 3.8) is 0 Å². The fraction of sp³-hybridized carbons (Fsp3) is 0.379. The highest BCUT2D eigenvalue weighted by molar-refractivity contribution is 6.08. The maximum Gasteiger partial charge on any atom is 0.338 e. The van der Waals surface area contributed by atoms with E-state index in [1.54, 1.807) is 25.1 Å². The predicted molar refractivity (Wildman–Crippen MR) is 132 cm³/mol. The molecule has 0 saturated heterocycles. The quantitative estimate of drug-likeness (QED) is 0.217. The van der Waals surface area contributed by atoms with Crippen LogP contribution in [0.1, 0.15) is 87.0 Å². The van der Waals surface area contributed by atoms with Crippen LogP contribution in [0.2, 0.25) is 0 Å². The maximum atomic E-state index is 12.0. The van der Waals surface area contributed by atoms with Crippen LogP contribution in [0.4, 0.5) is 0 Å². The van der Waals surface area contributed by atoms with Gasteiger partial charge >= 0.3 is 5.97 Å². The van der Waals surface area contributed by atoms with Gasteiger partial charge in [0, 0.05) is 5.57 Å². The van der Waals surface area contributed by atoms with Crippen molar-refractivity contribution >= 4 is 23.4 Å². The van der Waals surface area contributed by atoms with E-state index in [4.69, 9.17) is 4.74 Å². The summed E-state index contributed by atoms with van der Waals surface area (Å²) in [5, 5.41) is 0. The van der Waals surface area contributed by atoms with E-state index >= 15 is 0 Å². The van der Waals surface area contributed by atoms with Gasteiger partial charge in [0.1, 0.15) is 0 Å². The number of aldehydes is 1. The summed E-state index contributed by atoms with van der Waals surface area (Å²) >= 11 is 0. The Morgan fingerprint density at radius 2 is 1.56 bits per heavy atom. The summed E-state index contributed by atoms with van der Waals surface area (Å²) in [7, 11) is 0. The van der Waals surface area contributed by atoms with Crippen molar-refractivity contribution in [3.05, 3.63) is 82.4 Å². The molecule has 3 nitrogen and oxygen atoms in total. The minimum Gasteiger partial charge on any atom is -0.462 e. The molecule has 2 aromatic rings. The van der Waals surface area contributed by atoms with E-state index in [1.807, 2.05) is 18.2 Å². The number of allylic oxidation sites excluding steroid dienone is 4. The molecule has 32 heavy (non-hydrogen) atoms. The molecule has 3 heteroatoms. The highest BCUT2D eigenvalue weighted by atomic mass is 16.5. The van der Waals surface area contributed by atoms with Gasteiger partial charge in [-0.05, 0) is 77.5 Å². The Hall–Kier alpha value is -2.94. The number of carbonyl (C=O) groups excluding carboxylic acids is 2. The molecule has 1 aliphatic rings. The number of hydrogen-bond acceptors (Lipinski definition) is 3. The number of carbonyl (C=O) groups is 2. The van der Waals surface area contributed by atoms with Crippen molar-refractivity contribution in [2.75, 3.05) is 6.61 Å². The summed E-state index contributed by atoms with van der Waals surface area (Å²) in [6, 6.07) is 13.8. The third kappa shape index (κ3) is 4.93. The first-order valence-electron chi connectivity index (χ1n) is 11.4. The normalized spacial score (nSPS) is 17.4. The van der Waals surface area contributed by atoms with Gasteiger partial charge in [0.2, 0.25) is 0 Å². The predicted octanol–water partition coefficient (Wildman–Crippen LogP) is 6.90. The van der Waals surface area contributed by atoms with Gasteiger partial charge in [0.15, 0.2) is 6.29 Å². The van der Waals surface area contributed by atoms with Crippen molar-refractivity contribution < 1.29 is 14.3 Å². The Morgan fingerprint density at radius 3 is 2.22 bits per heavy atom. The Bertz CT molecular complexity index is 1080. The van der Waals surface area contributed by atoms with Crippen LogP contribution in [0, 0.1) is 0 Å². The summed E-state index contributed by atoms with van der Waals surface area (Å²) in [4.78, 5) is 23.8. The van der Waals surface area contributed by atoms with Gasteiger partial charge in [-0.15, -0.1) is 0 Å². The van der Waals surface area contributed by atoms with Gasteiger partial charge in [-0.1, -0.05) is 70.2 Å². The van der Waals surface area contributed by atoms with Gasteiger partial charge in [-0.25, -0.2) is 4.79 Å². The number of ether oxygens (including phenoxy) is 1. The molecule has 0 aliphatic heterocycles. The summed E-state index contributed by atoms with van der Waals surface area (Å²) < 4.78 is 5.07. The van der Waals surface area contributed by atoms with Gasteiger partial charge in [-0.2, -0.15) is 0 Å². The fourth-order valence-electron chi connectivity index (χ4n) is 4.39. The topological polar surface area (TPSA) is 43.4 Å². The number of hydrogen-bond donors (Lipinski definition) is 0. The molecule has 0 aromatic heterocycles. The zero-order valence-corrected chi connectivity index (χ0v) is 20.1. The minimum atomic E-state index is -0.383. The molecule has 1 aliphatic carbocycles. The first-order chi connectivity index (χ1) is 15.1. The Morgan fingerprint density at radius 1 is 0.906 bits per heavy atom. The third-order valence-corrected chi connectivity index (χ3v) is 6.66. The SMILES string of the molecule is CCOC(=O)c1cccc(C(C=O)=CC=C(C)c2ccc3c(c2)C(C)(C)CCC3(C)C)c1. The standard InChI is InChI=1S/C29H34O3/c1-7-32-27(31)23-10-8-9-22(17-23)24(19-30)12-11-20(2)21-13-14-25-26(18-21)29(5,6)16-15-28(25,3)4/h8-14,17-19H,7,15-16H2,1-6H3. The highest BCUT2D eigenvalue weighted by Crippen LogP contribution is 2.46. The lowest BCUT2D eigenvalue weighted by molar-refractivity contribution is -0.103. The molecule has 0 saturated carbocycles. The van der Waals surface area contributed by atoms with Gasteiger partial charge in [-0.3, -0.25) is 4.79 Å². The average molecular weight is 431 g/mol. The number of esters is 1. The molecule has 0 fully saturated rings. The molecular weight excluding hydrogens is 396 g/mol. The molecule has 168 valence electrons. The van der Waals surface area contributed by atoms with E-state index in [0.29, 0.717) is 23.3 Å². The lowest BCUT2D eigenvalue weighted by Crippen LogP contribution is -2.33. The summed E-state index contributed by atoms with van der Waals surface area (Å²) in [6.07, 6.45) is 6.99.